The number of nitrogens with zero attached hydrogens (tertiary/aromatic N) is 1. The molecule has 9 heteroatoms. The quantitative estimate of drug-likeness (QED) is 0.165. The van der Waals surface area contributed by atoms with Gasteiger partial charge >= 0.3 is 5.97 Å². The van der Waals surface area contributed by atoms with E-state index in [0.717, 1.165) is 53.4 Å². The third-order valence-corrected chi connectivity index (χ3v) is 8.94. The van der Waals surface area contributed by atoms with Crippen molar-refractivity contribution in [3.05, 3.63) is 95.1 Å². The monoisotopic (exact) mass is 686 g/mol. The standard InChI is InChI=1S/C31H36N2O3S2.C2H6O.C2H6S.C2H6/c1-22-8-6-7-11-26(22)28-18-24(12-13-27(28)30(34)32-29(31(35)36)15-17-37-2)19-33-16-14-25(20-33)38-21-23-9-4-3-5-10-23;1-3-2;1-2-3;1-2/h3-13,18,25,29H,14-17,19-21H2,1-2H3,(H,32,34)(H,35,36);1-2H3;3H,2H2,1H3;1-2H3. The third-order valence-electron chi connectivity index (χ3n) is 6.94. The van der Waals surface area contributed by atoms with E-state index in [9.17, 15) is 14.7 Å². The molecule has 0 bridgehead atoms. The molecular weight excluding hydrogens is 633 g/mol. The predicted molar refractivity (Wildman–Crippen MR) is 204 cm³/mol. The van der Waals surface area contributed by atoms with Gasteiger partial charge in [0.2, 0.25) is 0 Å². The molecule has 1 saturated heterocycles. The number of aliphatic carboxylic acids is 1. The molecule has 254 valence electrons. The molecule has 0 saturated carbocycles. The van der Waals surface area contributed by atoms with Crippen LogP contribution in [0.2, 0.25) is 0 Å². The average Bonchev–Trinajstić information content (AvgIpc) is 3.51. The summed E-state index contributed by atoms with van der Waals surface area (Å²) in [6, 6.07) is 23.7. The molecule has 1 aliphatic rings. The van der Waals surface area contributed by atoms with Crippen LogP contribution in [0.15, 0.2) is 72.8 Å². The Hall–Kier alpha value is -2.43. The first kappa shape index (κ1) is 41.6. The van der Waals surface area contributed by atoms with Crippen molar-refractivity contribution in [2.24, 2.45) is 0 Å². The summed E-state index contributed by atoms with van der Waals surface area (Å²) in [7, 11) is 3.25. The third kappa shape index (κ3) is 15.0. The van der Waals surface area contributed by atoms with Crippen LogP contribution in [0, 0.1) is 6.92 Å². The fourth-order valence-electron chi connectivity index (χ4n) is 4.84. The topological polar surface area (TPSA) is 78.9 Å². The average molecular weight is 687 g/mol. The molecule has 0 spiro atoms. The molecule has 3 aromatic carbocycles. The number of benzene rings is 3. The summed E-state index contributed by atoms with van der Waals surface area (Å²) in [5.41, 5.74) is 5.96. The minimum Gasteiger partial charge on any atom is -0.480 e. The zero-order chi connectivity index (χ0) is 34.3. The number of hydrogen-bond donors (Lipinski definition) is 3. The molecule has 1 fully saturated rings. The van der Waals surface area contributed by atoms with Crippen LogP contribution in [-0.4, -0.2) is 78.2 Å². The lowest BCUT2D eigenvalue weighted by Gasteiger charge is -2.20. The zero-order valence-corrected chi connectivity index (χ0v) is 31.2. The molecule has 4 rings (SSSR count). The van der Waals surface area contributed by atoms with E-state index in [0.29, 0.717) is 23.0 Å². The van der Waals surface area contributed by atoms with Gasteiger partial charge in [-0.1, -0.05) is 81.4 Å². The smallest absolute Gasteiger partial charge is 0.326 e. The van der Waals surface area contributed by atoms with E-state index in [4.69, 9.17) is 0 Å². The van der Waals surface area contributed by atoms with Crippen molar-refractivity contribution in [2.75, 3.05) is 45.1 Å². The molecule has 0 aliphatic carbocycles. The number of nitrogens with one attached hydrogen (secondary N) is 1. The van der Waals surface area contributed by atoms with Gasteiger partial charge in [0.25, 0.3) is 5.91 Å². The summed E-state index contributed by atoms with van der Waals surface area (Å²) in [4.78, 5) is 27.6. The van der Waals surface area contributed by atoms with Gasteiger partial charge in [-0.05, 0) is 84.0 Å². The largest absolute Gasteiger partial charge is 0.480 e. The van der Waals surface area contributed by atoms with Gasteiger partial charge in [-0.15, -0.1) is 0 Å². The number of thiol groups is 1. The molecule has 2 atom stereocenters. The number of likely N-dealkylation sites (tertiary alicyclic amines) is 1. The van der Waals surface area contributed by atoms with Crippen molar-refractivity contribution >= 4 is 48.0 Å². The molecule has 3 aromatic rings. The summed E-state index contributed by atoms with van der Waals surface area (Å²) >= 11 is 7.39. The van der Waals surface area contributed by atoms with Gasteiger partial charge in [0, 0.05) is 43.9 Å². The summed E-state index contributed by atoms with van der Waals surface area (Å²) in [5, 5.41) is 13.0. The first-order chi connectivity index (χ1) is 22.3. The van der Waals surface area contributed by atoms with Gasteiger partial charge in [0.05, 0.1) is 0 Å². The maximum absolute atomic E-state index is 13.3. The number of amides is 1. The van der Waals surface area contributed by atoms with E-state index in [1.807, 2.05) is 82.1 Å². The predicted octanol–water partition coefficient (Wildman–Crippen LogP) is 8.33. The van der Waals surface area contributed by atoms with Crippen LogP contribution in [0.4, 0.5) is 0 Å². The number of rotatable bonds is 12. The first-order valence-electron chi connectivity index (χ1n) is 15.9. The van der Waals surface area contributed by atoms with E-state index in [2.05, 4.69) is 64.0 Å². The Kier molecular flexibility index (Phi) is 22.3. The van der Waals surface area contributed by atoms with Crippen molar-refractivity contribution in [3.8, 4) is 11.1 Å². The Balaban J connectivity index is 0.00000121. The Morgan fingerprint density at radius 2 is 1.65 bits per heavy atom. The van der Waals surface area contributed by atoms with Gasteiger partial charge in [-0.3, -0.25) is 9.69 Å². The zero-order valence-electron chi connectivity index (χ0n) is 28.6. The highest BCUT2D eigenvalue weighted by Gasteiger charge is 2.25. The van der Waals surface area contributed by atoms with Gasteiger partial charge < -0.3 is 15.2 Å². The first-order valence-corrected chi connectivity index (χ1v) is 19.0. The van der Waals surface area contributed by atoms with E-state index < -0.39 is 12.0 Å². The lowest BCUT2D eigenvalue weighted by atomic mass is 9.93. The number of hydrogen-bond acceptors (Lipinski definition) is 7. The van der Waals surface area contributed by atoms with Crippen molar-refractivity contribution in [3.63, 3.8) is 0 Å². The van der Waals surface area contributed by atoms with Crippen LogP contribution in [0.25, 0.3) is 11.1 Å². The second kappa shape index (κ2) is 24.7. The second-order valence-corrected chi connectivity index (χ2v) is 13.4. The molecule has 6 nitrogen and oxygen atoms in total. The Bertz CT molecular complexity index is 1270. The van der Waals surface area contributed by atoms with Crippen LogP contribution >= 0.6 is 36.2 Å². The van der Waals surface area contributed by atoms with Crippen LogP contribution in [0.3, 0.4) is 0 Å². The van der Waals surface area contributed by atoms with Crippen LogP contribution in [0.5, 0.6) is 0 Å². The van der Waals surface area contributed by atoms with E-state index in [1.165, 1.54) is 12.0 Å². The second-order valence-electron chi connectivity index (χ2n) is 10.5. The molecule has 2 unspecified atom stereocenters. The lowest BCUT2D eigenvalue weighted by Crippen LogP contribution is -2.41. The van der Waals surface area contributed by atoms with E-state index >= 15 is 0 Å². The number of methoxy groups -OCH3 is 1. The molecule has 1 heterocycles. The summed E-state index contributed by atoms with van der Waals surface area (Å²) < 4.78 is 4.25. The Morgan fingerprint density at radius 1 is 1.02 bits per heavy atom. The highest BCUT2D eigenvalue weighted by Crippen LogP contribution is 2.31. The van der Waals surface area contributed by atoms with Crippen molar-refractivity contribution in [1.29, 1.82) is 0 Å². The number of thioether (sulfide) groups is 2. The minimum atomic E-state index is -1.00. The molecule has 0 aromatic heterocycles. The van der Waals surface area contributed by atoms with E-state index in [1.54, 1.807) is 26.0 Å². The van der Waals surface area contributed by atoms with Gasteiger partial charge in [0.15, 0.2) is 0 Å². The minimum absolute atomic E-state index is 0.346. The lowest BCUT2D eigenvalue weighted by molar-refractivity contribution is -0.139. The Morgan fingerprint density at radius 3 is 2.26 bits per heavy atom. The summed E-state index contributed by atoms with van der Waals surface area (Å²) in [6.45, 7) is 11.0. The SMILES string of the molecule is CC.CCS.COC.CSCCC(NC(=O)c1ccc(CN2CCC(SCc3ccccc3)C2)cc1-c1ccccc1C)C(=O)O. The number of carbonyl (C=O) groups excluding carboxylic acids is 1. The number of ether oxygens (including phenoxy) is 1. The van der Waals surface area contributed by atoms with Gasteiger partial charge in [0.1, 0.15) is 6.04 Å². The number of aryl methyl sites for hydroxylation is 1. The maximum atomic E-state index is 13.3. The Labute approximate surface area is 291 Å². The van der Waals surface area contributed by atoms with Crippen LogP contribution in [0.1, 0.15) is 60.7 Å². The highest BCUT2D eigenvalue weighted by molar-refractivity contribution is 7.99. The number of carbonyl (C=O) groups is 2. The number of carboxylic acid groups (broad SMARTS) is 1. The molecule has 0 radical (unpaired) electrons. The van der Waals surface area contributed by atoms with Gasteiger partial charge in [-0.2, -0.15) is 36.2 Å². The molecule has 2 N–H and O–H groups in total. The van der Waals surface area contributed by atoms with Crippen molar-refractivity contribution < 1.29 is 19.4 Å². The summed E-state index contributed by atoms with van der Waals surface area (Å²) in [6.07, 6.45) is 3.49. The summed E-state index contributed by atoms with van der Waals surface area (Å²) in [5.74, 6) is 1.30. The van der Waals surface area contributed by atoms with Gasteiger partial charge in [-0.25, -0.2) is 4.79 Å². The van der Waals surface area contributed by atoms with Crippen LogP contribution < -0.4 is 5.32 Å². The number of carboxylic acids is 1. The van der Waals surface area contributed by atoms with Crippen molar-refractivity contribution in [1.82, 2.24) is 10.2 Å². The normalized spacial score (nSPS) is 14.4. The van der Waals surface area contributed by atoms with E-state index in [-0.39, 0.29) is 5.91 Å². The fourth-order valence-corrected chi connectivity index (χ4v) is 6.52. The highest BCUT2D eigenvalue weighted by atomic mass is 32.2. The van der Waals surface area contributed by atoms with Crippen molar-refractivity contribution in [2.45, 2.75) is 64.1 Å². The maximum Gasteiger partial charge on any atom is 0.326 e. The molecular formula is C37H54N2O4S3. The van der Waals surface area contributed by atoms with Crippen LogP contribution in [-0.2, 0) is 21.8 Å². The fraction of sp³-hybridized carbons (Fsp3) is 0.459. The molecule has 46 heavy (non-hydrogen) atoms. The molecule has 1 amide bonds. The molecule has 1 aliphatic heterocycles.